The largest absolute Gasteiger partial charge is 1.00 e. The molecule has 0 aliphatic heterocycles. The summed E-state index contributed by atoms with van der Waals surface area (Å²) >= 11 is 3.36. The average molecular weight is 247 g/mol. The molecule has 0 radical (unpaired) electrons. The molecule has 13 heavy (non-hydrogen) atoms. The smallest absolute Gasteiger partial charge is 0.870 e. The van der Waals surface area contributed by atoms with Gasteiger partial charge < -0.3 is 10.4 Å². The second kappa shape index (κ2) is 13.2. The molecule has 0 bridgehead atoms. The zero-order valence-electron chi connectivity index (χ0n) is 7.04. The quantitative estimate of drug-likeness (QED) is 0.298. The topological polar surface area (TPSA) is 90.4 Å². The van der Waals surface area contributed by atoms with Gasteiger partial charge in [-0.2, -0.15) is 4.89 Å². The number of benzene rings is 1. The first kappa shape index (κ1) is 19.7. The molecule has 68 valence electrons. The summed E-state index contributed by atoms with van der Waals surface area (Å²) in [6, 6.07) is 9.96. The fourth-order valence-electron chi connectivity index (χ4n) is 0.438. The Kier molecular flexibility index (Phi) is 20.0. The van der Waals surface area contributed by atoms with Crippen molar-refractivity contribution in [1.82, 2.24) is 0 Å². The van der Waals surface area contributed by atoms with E-state index in [0.29, 0.717) is 0 Å². The van der Waals surface area contributed by atoms with E-state index in [9.17, 15) is 0 Å². The molecule has 0 saturated carbocycles. The maximum atomic E-state index is 8.59. The maximum Gasteiger partial charge on any atom is 1.00 e. The first-order chi connectivity index (χ1) is 5.13. The third-order valence-corrected chi connectivity index (χ3v) is 1.11. The molecule has 7 heteroatoms. The molecule has 4 nitrogen and oxygen atoms in total. The second-order valence-corrected chi connectivity index (χ2v) is 2.66. The van der Waals surface area contributed by atoms with E-state index in [-0.39, 0.29) is 56.9 Å². The van der Waals surface area contributed by atoms with Gasteiger partial charge >= 0.3 is 59.6 Å². The number of hydrogen-bond acceptors (Lipinski definition) is 3. The normalized spacial score (nSPS) is 8.08. The zero-order chi connectivity index (χ0) is 8.69. The van der Waals surface area contributed by atoms with E-state index in [1.165, 1.54) is 0 Å². The van der Waals surface area contributed by atoms with Gasteiger partial charge in [0, 0.05) is 0 Å². The van der Waals surface area contributed by atoms with E-state index >= 15 is 0 Å². The summed E-state index contributed by atoms with van der Waals surface area (Å²) in [5, 5.41) is 0. The maximum absolute atomic E-state index is 8.59. The molecule has 1 atom stereocenters. The van der Waals surface area contributed by atoms with Gasteiger partial charge in [-0.15, -0.1) is 0 Å². The van der Waals surface area contributed by atoms with E-state index < -0.39 is 8.25 Å². The van der Waals surface area contributed by atoms with Crippen LogP contribution in [0.1, 0.15) is 0 Å². The van der Waals surface area contributed by atoms with Crippen LogP contribution in [0, 0.1) is 0 Å². The first-order valence-electron chi connectivity index (χ1n) is 2.73. The van der Waals surface area contributed by atoms with Gasteiger partial charge in [0.05, 0.1) is 0 Å². The first-order valence-corrected chi connectivity index (χ1v) is 4.36. The average Bonchev–Trinajstić information content (AvgIpc) is 1.87. The van der Waals surface area contributed by atoms with Crippen molar-refractivity contribution in [3.8, 4) is 0 Å². The number of hydrogen-bond donors (Lipinski definition) is 1. The van der Waals surface area contributed by atoms with E-state index in [2.05, 4.69) is 12.6 Å². The van der Waals surface area contributed by atoms with Gasteiger partial charge in [0.25, 0.3) is 0 Å². The minimum atomic E-state index is -3.12. The summed E-state index contributed by atoms with van der Waals surface area (Å²) in [5.74, 6) is 0. The predicted octanol–water partition coefficient (Wildman–Crippen LogP) is -3.12. The minimum Gasteiger partial charge on any atom is -0.870 e. The van der Waals surface area contributed by atoms with Crippen molar-refractivity contribution < 1.29 is 71.2 Å². The molecular formula is C6H9KO4PS+. The molecular weight excluding hydrogens is 238 g/mol. The van der Waals surface area contributed by atoms with Crippen LogP contribution in [-0.4, -0.2) is 10.4 Å². The molecule has 1 unspecified atom stereocenters. The summed E-state index contributed by atoms with van der Waals surface area (Å²) in [7, 11) is -3.12. The fraction of sp³-hybridized carbons (Fsp3) is 0. The third kappa shape index (κ3) is 19.6. The molecule has 0 amide bonds. The van der Waals surface area contributed by atoms with Crippen LogP contribution in [0.25, 0.3) is 0 Å². The second-order valence-electron chi connectivity index (χ2n) is 1.60. The van der Waals surface area contributed by atoms with Crippen LogP contribution in [0.3, 0.4) is 0 Å². The van der Waals surface area contributed by atoms with Gasteiger partial charge in [-0.1, -0.05) is 18.2 Å². The van der Waals surface area contributed by atoms with Gasteiger partial charge in [0.2, 0.25) is 0 Å². The molecule has 1 rings (SSSR count). The molecule has 0 aromatic heterocycles. The molecule has 1 aromatic rings. The van der Waals surface area contributed by atoms with E-state index in [1.807, 2.05) is 30.3 Å². The Balaban J connectivity index is -0.000000150. The van der Waals surface area contributed by atoms with Gasteiger partial charge in [0.1, 0.15) is 4.90 Å². The molecule has 0 aliphatic rings. The standard InChI is InChI=1S/C6H6S.K.HO3P.H2O/c7-6-4-2-1-3-5-6;;1-4(2)3;/h1-5,7H;;(H,1,2,3);1H2/q;+1;;. The van der Waals surface area contributed by atoms with Crippen LogP contribution in [0.5, 0.6) is 0 Å². The van der Waals surface area contributed by atoms with Crippen molar-refractivity contribution in [2.75, 3.05) is 0 Å². The van der Waals surface area contributed by atoms with Crippen LogP contribution in [0.2, 0.25) is 0 Å². The van der Waals surface area contributed by atoms with Gasteiger partial charge in [-0.25, -0.2) is 0 Å². The Hall–Kier alpha value is 1.19. The van der Waals surface area contributed by atoms with Gasteiger partial charge in [-0.05, 0) is 29.3 Å². The van der Waals surface area contributed by atoms with Crippen LogP contribution in [-0.2, 0) is 17.2 Å². The molecule has 1 aromatic carbocycles. The van der Waals surface area contributed by atoms with Crippen molar-refractivity contribution >= 4 is 20.9 Å². The van der Waals surface area contributed by atoms with Crippen molar-refractivity contribution in [2.24, 2.45) is 0 Å². The van der Waals surface area contributed by atoms with Crippen molar-refractivity contribution in [1.29, 1.82) is 0 Å². The summed E-state index contributed by atoms with van der Waals surface area (Å²) in [4.78, 5) is 16.7. The van der Waals surface area contributed by atoms with E-state index in [4.69, 9.17) is 14.4 Å². The van der Waals surface area contributed by atoms with Crippen molar-refractivity contribution in [2.45, 2.75) is 4.90 Å². The summed E-state index contributed by atoms with van der Waals surface area (Å²) < 4.78 is 8.59. The Labute approximate surface area is 125 Å². The summed E-state index contributed by atoms with van der Waals surface area (Å²) in [6.45, 7) is 0. The summed E-state index contributed by atoms with van der Waals surface area (Å²) in [5.41, 5.74) is 0. The molecule has 0 heterocycles. The van der Waals surface area contributed by atoms with Crippen molar-refractivity contribution in [3.05, 3.63) is 30.3 Å². The van der Waals surface area contributed by atoms with Crippen LogP contribution >= 0.6 is 8.25 Å². The Morgan fingerprint density at radius 2 is 1.62 bits per heavy atom. The monoisotopic (exact) mass is 247 g/mol. The van der Waals surface area contributed by atoms with Gasteiger partial charge in [-0.3, -0.25) is 0 Å². The molecule has 0 saturated heterocycles. The van der Waals surface area contributed by atoms with Crippen LogP contribution in [0.15, 0.2) is 35.2 Å². The fourth-order valence-corrected chi connectivity index (χ4v) is 0.631. The Morgan fingerprint density at radius 3 is 1.77 bits per heavy atom. The molecule has 0 fully saturated rings. The van der Waals surface area contributed by atoms with E-state index in [1.54, 1.807) is 0 Å². The van der Waals surface area contributed by atoms with Crippen molar-refractivity contribution in [3.63, 3.8) is 0 Å². The zero-order valence-corrected chi connectivity index (χ0v) is 12.1. The van der Waals surface area contributed by atoms with Crippen LogP contribution in [0.4, 0.5) is 0 Å². The third-order valence-electron chi connectivity index (χ3n) is 0.774. The van der Waals surface area contributed by atoms with E-state index in [0.717, 1.165) is 4.90 Å². The van der Waals surface area contributed by atoms with Gasteiger partial charge in [0.15, 0.2) is 0 Å². The Bertz CT molecular complexity index is 217. The number of rotatable bonds is 0. The predicted molar refractivity (Wildman–Crippen MR) is 46.6 cm³/mol. The molecule has 2 N–H and O–H groups in total. The Morgan fingerprint density at radius 1 is 1.31 bits per heavy atom. The molecule has 0 aliphatic carbocycles. The SMILES string of the molecule is O=[P+]([O-])O.[K+].[OH-].[SH2+]c1ccccc1. The minimum absolute atomic E-state index is 0. The summed E-state index contributed by atoms with van der Waals surface area (Å²) in [6.07, 6.45) is 0. The van der Waals surface area contributed by atoms with Crippen LogP contribution < -0.4 is 56.3 Å². The molecule has 0 spiro atoms.